The molecule has 0 saturated carbocycles. The molecule has 1 aromatic heterocycles. The molecule has 0 bridgehead atoms. The van der Waals surface area contributed by atoms with Gasteiger partial charge >= 0.3 is 0 Å². The first-order valence-corrected chi connectivity index (χ1v) is 5.34. The molecule has 0 aliphatic heterocycles. The largest absolute Gasteiger partial charge is 0.317 e. The molecular weight excluding hydrogens is 273 g/mol. The monoisotopic (exact) mass is 279 g/mol. The highest BCUT2D eigenvalue weighted by molar-refractivity contribution is 9.10. The SMILES string of the molecule is N#CCn1ccnc1-c1cc(F)cc(Br)c1. The van der Waals surface area contributed by atoms with E-state index in [0.29, 0.717) is 15.9 Å². The molecular formula is C11H7BrFN3. The summed E-state index contributed by atoms with van der Waals surface area (Å²) in [5.74, 6) is 0.248. The molecule has 0 radical (unpaired) electrons. The molecule has 0 spiro atoms. The third kappa shape index (κ3) is 2.12. The van der Waals surface area contributed by atoms with Crippen molar-refractivity contribution in [3.05, 3.63) is 40.9 Å². The van der Waals surface area contributed by atoms with Gasteiger partial charge in [0, 0.05) is 22.4 Å². The van der Waals surface area contributed by atoms with Gasteiger partial charge in [-0.25, -0.2) is 9.37 Å². The number of nitriles is 1. The second-order valence-corrected chi connectivity index (χ2v) is 4.11. The maximum Gasteiger partial charge on any atom is 0.140 e. The highest BCUT2D eigenvalue weighted by atomic mass is 79.9. The van der Waals surface area contributed by atoms with Crippen molar-refractivity contribution in [1.82, 2.24) is 9.55 Å². The Morgan fingerprint density at radius 3 is 2.94 bits per heavy atom. The molecule has 2 aromatic rings. The number of hydrogen-bond acceptors (Lipinski definition) is 2. The predicted octanol–water partition coefficient (Wildman–Crippen LogP) is 2.98. The second-order valence-electron chi connectivity index (χ2n) is 3.19. The van der Waals surface area contributed by atoms with E-state index < -0.39 is 0 Å². The summed E-state index contributed by atoms with van der Waals surface area (Å²) < 4.78 is 15.5. The van der Waals surface area contributed by atoms with Gasteiger partial charge in [0.25, 0.3) is 0 Å². The van der Waals surface area contributed by atoms with Crippen molar-refractivity contribution in [3.63, 3.8) is 0 Å². The van der Waals surface area contributed by atoms with Crippen molar-refractivity contribution in [3.8, 4) is 17.5 Å². The lowest BCUT2D eigenvalue weighted by Crippen LogP contribution is -1.97. The van der Waals surface area contributed by atoms with Gasteiger partial charge in [0.15, 0.2) is 0 Å². The maximum atomic E-state index is 13.2. The highest BCUT2D eigenvalue weighted by Gasteiger charge is 2.07. The summed E-state index contributed by atoms with van der Waals surface area (Å²) in [6.45, 7) is 0.198. The predicted molar refractivity (Wildman–Crippen MR) is 60.9 cm³/mol. The molecule has 80 valence electrons. The molecule has 0 saturated heterocycles. The number of hydrogen-bond donors (Lipinski definition) is 0. The van der Waals surface area contributed by atoms with Crippen molar-refractivity contribution in [2.75, 3.05) is 0 Å². The Kier molecular flexibility index (Phi) is 3.02. The van der Waals surface area contributed by atoms with Gasteiger partial charge in [0.2, 0.25) is 0 Å². The molecule has 16 heavy (non-hydrogen) atoms. The number of nitrogens with zero attached hydrogens (tertiary/aromatic N) is 3. The van der Waals surface area contributed by atoms with Crippen LogP contribution in [0.4, 0.5) is 4.39 Å². The zero-order chi connectivity index (χ0) is 11.5. The summed E-state index contributed by atoms with van der Waals surface area (Å²) >= 11 is 3.22. The van der Waals surface area contributed by atoms with Crippen LogP contribution in [0.2, 0.25) is 0 Å². The Balaban J connectivity index is 2.50. The fourth-order valence-corrected chi connectivity index (χ4v) is 1.92. The Bertz CT molecular complexity index is 536. The van der Waals surface area contributed by atoms with Crippen LogP contribution in [0.1, 0.15) is 0 Å². The topological polar surface area (TPSA) is 41.6 Å². The van der Waals surface area contributed by atoms with Gasteiger partial charge in [-0.15, -0.1) is 0 Å². The summed E-state index contributed by atoms with van der Waals surface area (Å²) in [6.07, 6.45) is 3.28. The van der Waals surface area contributed by atoms with Crippen molar-refractivity contribution >= 4 is 15.9 Å². The minimum atomic E-state index is -0.337. The first-order valence-electron chi connectivity index (χ1n) is 4.55. The van der Waals surface area contributed by atoms with E-state index in [0.717, 1.165) is 0 Å². The zero-order valence-corrected chi connectivity index (χ0v) is 9.78. The Morgan fingerprint density at radius 2 is 2.25 bits per heavy atom. The summed E-state index contributed by atoms with van der Waals surface area (Å²) in [4.78, 5) is 4.11. The van der Waals surface area contributed by atoms with Crippen LogP contribution >= 0.6 is 15.9 Å². The fourth-order valence-electron chi connectivity index (χ4n) is 1.46. The van der Waals surface area contributed by atoms with Gasteiger partial charge in [-0.2, -0.15) is 5.26 Å². The molecule has 0 unspecified atom stereocenters. The molecule has 0 N–H and O–H groups in total. The minimum Gasteiger partial charge on any atom is -0.317 e. The van der Waals surface area contributed by atoms with Crippen molar-refractivity contribution in [2.24, 2.45) is 0 Å². The number of aromatic nitrogens is 2. The summed E-state index contributed by atoms with van der Waals surface area (Å²) in [5, 5.41) is 8.64. The molecule has 3 nitrogen and oxygen atoms in total. The first-order chi connectivity index (χ1) is 7.70. The summed E-state index contributed by atoms with van der Waals surface area (Å²) in [7, 11) is 0. The smallest absolute Gasteiger partial charge is 0.140 e. The number of imidazole rings is 1. The van der Waals surface area contributed by atoms with Crippen molar-refractivity contribution in [1.29, 1.82) is 5.26 Å². The van der Waals surface area contributed by atoms with Crippen LogP contribution < -0.4 is 0 Å². The van der Waals surface area contributed by atoms with Gasteiger partial charge in [0.05, 0.1) is 6.07 Å². The molecule has 0 amide bonds. The van der Waals surface area contributed by atoms with Crippen LogP contribution in [0.25, 0.3) is 11.4 Å². The van der Waals surface area contributed by atoms with Crippen LogP contribution in [0, 0.1) is 17.1 Å². The summed E-state index contributed by atoms with van der Waals surface area (Å²) in [5.41, 5.74) is 0.645. The van der Waals surface area contributed by atoms with E-state index in [2.05, 4.69) is 20.9 Å². The molecule has 2 rings (SSSR count). The van der Waals surface area contributed by atoms with Crippen LogP contribution in [0.5, 0.6) is 0 Å². The normalized spacial score (nSPS) is 10.1. The van der Waals surface area contributed by atoms with E-state index in [1.807, 2.05) is 6.07 Å². The lowest BCUT2D eigenvalue weighted by molar-refractivity contribution is 0.627. The van der Waals surface area contributed by atoms with E-state index in [-0.39, 0.29) is 12.4 Å². The van der Waals surface area contributed by atoms with Gasteiger partial charge in [-0.05, 0) is 18.2 Å². The quantitative estimate of drug-likeness (QED) is 0.848. The molecule has 0 aliphatic carbocycles. The van der Waals surface area contributed by atoms with Crippen molar-refractivity contribution < 1.29 is 4.39 Å². The maximum absolute atomic E-state index is 13.2. The van der Waals surface area contributed by atoms with Crippen LogP contribution in [0.3, 0.4) is 0 Å². The molecule has 0 fully saturated rings. The van der Waals surface area contributed by atoms with Gasteiger partial charge in [0.1, 0.15) is 18.2 Å². The van der Waals surface area contributed by atoms with E-state index in [1.165, 1.54) is 12.1 Å². The highest BCUT2D eigenvalue weighted by Crippen LogP contribution is 2.23. The zero-order valence-electron chi connectivity index (χ0n) is 8.19. The minimum absolute atomic E-state index is 0.198. The third-order valence-electron chi connectivity index (χ3n) is 2.08. The van der Waals surface area contributed by atoms with E-state index in [4.69, 9.17) is 5.26 Å². The summed E-state index contributed by atoms with van der Waals surface area (Å²) in [6, 6.07) is 6.56. The van der Waals surface area contributed by atoms with Crippen LogP contribution in [0.15, 0.2) is 35.1 Å². The Labute approximate surface area is 100 Å². The van der Waals surface area contributed by atoms with Crippen molar-refractivity contribution in [2.45, 2.75) is 6.54 Å². The third-order valence-corrected chi connectivity index (χ3v) is 2.54. The Hall–Kier alpha value is -1.67. The number of benzene rings is 1. The van der Waals surface area contributed by atoms with Gasteiger partial charge < -0.3 is 4.57 Å². The number of rotatable bonds is 2. The van der Waals surface area contributed by atoms with Crippen LogP contribution in [-0.4, -0.2) is 9.55 Å². The lowest BCUT2D eigenvalue weighted by atomic mass is 10.2. The van der Waals surface area contributed by atoms with Gasteiger partial charge in [-0.3, -0.25) is 0 Å². The first kappa shape index (κ1) is 10.8. The molecule has 1 heterocycles. The molecule has 0 atom stereocenters. The van der Waals surface area contributed by atoms with E-state index in [9.17, 15) is 4.39 Å². The van der Waals surface area contributed by atoms with Gasteiger partial charge in [-0.1, -0.05) is 15.9 Å². The standard InChI is InChI=1S/C11H7BrFN3/c12-9-5-8(6-10(13)7-9)11-15-2-4-16(11)3-1-14/h2,4-7H,3H2. The fraction of sp³-hybridized carbons (Fsp3) is 0.0909. The molecule has 0 aliphatic rings. The Morgan fingerprint density at radius 1 is 1.44 bits per heavy atom. The average molecular weight is 280 g/mol. The second kappa shape index (κ2) is 4.45. The molecule has 1 aromatic carbocycles. The van der Waals surface area contributed by atoms with E-state index in [1.54, 1.807) is 23.0 Å². The lowest BCUT2D eigenvalue weighted by Gasteiger charge is -2.04. The molecule has 5 heteroatoms. The number of halogens is 2. The average Bonchev–Trinajstić information content (AvgIpc) is 2.65. The van der Waals surface area contributed by atoms with Crippen LogP contribution in [-0.2, 0) is 6.54 Å². The van der Waals surface area contributed by atoms with E-state index >= 15 is 0 Å².